The number of benzene rings is 1. The summed E-state index contributed by atoms with van der Waals surface area (Å²) >= 11 is 0. The Hall–Kier alpha value is -2.23. The van der Waals surface area contributed by atoms with Crippen molar-refractivity contribution in [2.24, 2.45) is 0 Å². The van der Waals surface area contributed by atoms with Crippen molar-refractivity contribution in [3.63, 3.8) is 0 Å². The van der Waals surface area contributed by atoms with Gasteiger partial charge < -0.3 is 18.7 Å². The number of carbonyl (C=O) groups excluding carboxylic acids is 1. The number of aldehydes is 1. The maximum Gasteiger partial charge on any atom is 0.161 e. The standard InChI is InChI=1S/C15H16O4/c1-17-14-6-5-11(9-15(14)18-2)12(10-16)8-13-4-3-7-19-13/h3-7,9-10,12H,8H2,1-2H3. The summed E-state index contributed by atoms with van der Waals surface area (Å²) in [6.07, 6.45) is 3.06. The molecule has 2 rings (SSSR count). The highest BCUT2D eigenvalue weighted by Crippen LogP contribution is 2.31. The summed E-state index contributed by atoms with van der Waals surface area (Å²) in [6, 6.07) is 9.15. The fourth-order valence-electron chi connectivity index (χ4n) is 1.97. The first kappa shape index (κ1) is 13.2. The molecule has 0 aliphatic heterocycles. The molecule has 1 aromatic carbocycles. The van der Waals surface area contributed by atoms with Crippen molar-refractivity contribution in [1.29, 1.82) is 0 Å². The first-order chi connectivity index (χ1) is 9.28. The summed E-state index contributed by atoms with van der Waals surface area (Å²) in [7, 11) is 3.15. The van der Waals surface area contributed by atoms with Crippen LogP contribution in [0, 0.1) is 0 Å². The molecule has 4 heteroatoms. The monoisotopic (exact) mass is 260 g/mol. The number of ether oxygens (including phenoxy) is 2. The minimum absolute atomic E-state index is 0.258. The van der Waals surface area contributed by atoms with Gasteiger partial charge in [-0.15, -0.1) is 0 Å². The molecule has 0 bridgehead atoms. The molecule has 0 N–H and O–H groups in total. The van der Waals surface area contributed by atoms with E-state index in [4.69, 9.17) is 13.9 Å². The quantitative estimate of drug-likeness (QED) is 0.749. The molecule has 100 valence electrons. The number of hydrogen-bond donors (Lipinski definition) is 0. The fourth-order valence-corrected chi connectivity index (χ4v) is 1.97. The maximum absolute atomic E-state index is 11.3. The highest BCUT2D eigenvalue weighted by atomic mass is 16.5. The normalized spacial score (nSPS) is 11.9. The van der Waals surface area contributed by atoms with Crippen LogP contribution in [-0.4, -0.2) is 20.5 Å². The number of methoxy groups -OCH3 is 2. The molecule has 0 saturated carbocycles. The smallest absolute Gasteiger partial charge is 0.161 e. The van der Waals surface area contributed by atoms with Gasteiger partial charge in [0, 0.05) is 12.3 Å². The van der Waals surface area contributed by atoms with E-state index in [0.717, 1.165) is 17.6 Å². The third-order valence-corrected chi connectivity index (χ3v) is 3.00. The molecule has 0 radical (unpaired) electrons. The topological polar surface area (TPSA) is 48.7 Å². The van der Waals surface area contributed by atoms with Gasteiger partial charge in [0.15, 0.2) is 11.5 Å². The summed E-state index contributed by atoms with van der Waals surface area (Å²) in [6.45, 7) is 0. The van der Waals surface area contributed by atoms with Gasteiger partial charge in [-0.25, -0.2) is 0 Å². The Labute approximate surface area is 111 Å². The lowest BCUT2D eigenvalue weighted by Crippen LogP contribution is -2.04. The summed E-state index contributed by atoms with van der Waals surface area (Å²) in [5, 5.41) is 0. The van der Waals surface area contributed by atoms with Gasteiger partial charge in [0.1, 0.15) is 12.0 Å². The molecule has 4 nitrogen and oxygen atoms in total. The number of rotatable bonds is 6. The average molecular weight is 260 g/mol. The second kappa shape index (κ2) is 6.09. The fraction of sp³-hybridized carbons (Fsp3) is 0.267. The third kappa shape index (κ3) is 2.96. The van der Waals surface area contributed by atoms with Gasteiger partial charge in [-0.3, -0.25) is 0 Å². The molecular weight excluding hydrogens is 244 g/mol. The minimum Gasteiger partial charge on any atom is -0.493 e. The molecule has 1 atom stereocenters. The Kier molecular flexibility index (Phi) is 4.23. The predicted octanol–water partition coefficient (Wildman–Crippen LogP) is 2.82. The summed E-state index contributed by atoms with van der Waals surface area (Å²) in [5.74, 6) is 1.79. The van der Waals surface area contributed by atoms with Crippen LogP contribution in [0.25, 0.3) is 0 Å². The lowest BCUT2D eigenvalue weighted by Gasteiger charge is -2.13. The Balaban J connectivity index is 2.25. The highest BCUT2D eigenvalue weighted by Gasteiger charge is 2.15. The lowest BCUT2D eigenvalue weighted by atomic mass is 9.95. The molecule has 1 heterocycles. The number of furan rings is 1. The van der Waals surface area contributed by atoms with Crippen LogP contribution in [0.15, 0.2) is 41.0 Å². The Morgan fingerprint density at radius 2 is 2.00 bits per heavy atom. The van der Waals surface area contributed by atoms with E-state index in [2.05, 4.69) is 0 Å². The van der Waals surface area contributed by atoms with Crippen LogP contribution in [-0.2, 0) is 11.2 Å². The molecule has 0 saturated heterocycles. The SMILES string of the molecule is COc1ccc(C(C=O)Cc2ccco2)cc1OC. The van der Waals surface area contributed by atoms with E-state index in [1.807, 2.05) is 24.3 Å². The van der Waals surface area contributed by atoms with Crippen LogP contribution >= 0.6 is 0 Å². The van der Waals surface area contributed by atoms with Crippen molar-refractivity contribution in [3.05, 3.63) is 47.9 Å². The summed E-state index contributed by atoms with van der Waals surface area (Å²) in [5.41, 5.74) is 0.879. The zero-order chi connectivity index (χ0) is 13.7. The van der Waals surface area contributed by atoms with Crippen LogP contribution in [0.2, 0.25) is 0 Å². The lowest BCUT2D eigenvalue weighted by molar-refractivity contribution is -0.109. The second-order valence-corrected chi connectivity index (χ2v) is 4.14. The highest BCUT2D eigenvalue weighted by molar-refractivity contribution is 5.64. The first-order valence-corrected chi connectivity index (χ1v) is 5.98. The van der Waals surface area contributed by atoms with Crippen LogP contribution in [0.3, 0.4) is 0 Å². The molecule has 1 unspecified atom stereocenters. The zero-order valence-corrected chi connectivity index (χ0v) is 11.0. The van der Waals surface area contributed by atoms with E-state index < -0.39 is 0 Å². The van der Waals surface area contributed by atoms with E-state index in [-0.39, 0.29) is 5.92 Å². The predicted molar refractivity (Wildman–Crippen MR) is 70.8 cm³/mol. The van der Waals surface area contributed by atoms with Crippen molar-refractivity contribution >= 4 is 6.29 Å². The molecule has 0 aliphatic rings. The molecule has 0 spiro atoms. The van der Waals surface area contributed by atoms with E-state index in [0.29, 0.717) is 17.9 Å². The maximum atomic E-state index is 11.3. The first-order valence-electron chi connectivity index (χ1n) is 5.98. The average Bonchev–Trinajstić information content (AvgIpc) is 2.97. The van der Waals surface area contributed by atoms with Gasteiger partial charge in [-0.2, -0.15) is 0 Å². The van der Waals surface area contributed by atoms with E-state index in [1.165, 1.54) is 0 Å². The van der Waals surface area contributed by atoms with E-state index in [1.54, 1.807) is 26.5 Å². The van der Waals surface area contributed by atoms with Gasteiger partial charge >= 0.3 is 0 Å². The van der Waals surface area contributed by atoms with Crippen molar-refractivity contribution in [3.8, 4) is 11.5 Å². The molecule has 0 aliphatic carbocycles. The van der Waals surface area contributed by atoms with Crippen molar-refractivity contribution in [2.75, 3.05) is 14.2 Å². The van der Waals surface area contributed by atoms with Crippen LogP contribution in [0.4, 0.5) is 0 Å². The van der Waals surface area contributed by atoms with Gasteiger partial charge in [0.25, 0.3) is 0 Å². The van der Waals surface area contributed by atoms with Gasteiger partial charge in [0.2, 0.25) is 0 Å². The second-order valence-electron chi connectivity index (χ2n) is 4.14. The van der Waals surface area contributed by atoms with Crippen LogP contribution in [0.5, 0.6) is 11.5 Å². The zero-order valence-electron chi connectivity index (χ0n) is 11.0. The van der Waals surface area contributed by atoms with Gasteiger partial charge in [-0.05, 0) is 29.8 Å². The Bertz CT molecular complexity index is 531. The Morgan fingerprint density at radius 1 is 1.21 bits per heavy atom. The van der Waals surface area contributed by atoms with Crippen molar-refractivity contribution in [2.45, 2.75) is 12.3 Å². The minimum atomic E-state index is -0.258. The molecule has 19 heavy (non-hydrogen) atoms. The number of carbonyl (C=O) groups is 1. The molecule has 0 fully saturated rings. The number of hydrogen-bond acceptors (Lipinski definition) is 4. The molecule has 1 aromatic heterocycles. The van der Waals surface area contributed by atoms with Gasteiger partial charge in [-0.1, -0.05) is 6.07 Å². The molecule has 2 aromatic rings. The van der Waals surface area contributed by atoms with Gasteiger partial charge in [0.05, 0.1) is 20.5 Å². The molecular formula is C15H16O4. The van der Waals surface area contributed by atoms with Crippen LogP contribution in [0.1, 0.15) is 17.2 Å². The van der Waals surface area contributed by atoms with E-state index >= 15 is 0 Å². The Morgan fingerprint density at radius 3 is 2.58 bits per heavy atom. The summed E-state index contributed by atoms with van der Waals surface area (Å²) in [4.78, 5) is 11.3. The van der Waals surface area contributed by atoms with Crippen LogP contribution < -0.4 is 9.47 Å². The largest absolute Gasteiger partial charge is 0.493 e. The van der Waals surface area contributed by atoms with Crippen molar-refractivity contribution in [1.82, 2.24) is 0 Å². The van der Waals surface area contributed by atoms with E-state index in [9.17, 15) is 4.79 Å². The third-order valence-electron chi connectivity index (χ3n) is 3.00. The van der Waals surface area contributed by atoms with Crippen molar-refractivity contribution < 1.29 is 18.7 Å². The summed E-state index contributed by atoms with van der Waals surface area (Å²) < 4.78 is 15.7. The molecule has 0 amide bonds.